The van der Waals surface area contributed by atoms with Crippen molar-refractivity contribution in [2.24, 2.45) is 5.73 Å². The summed E-state index contributed by atoms with van der Waals surface area (Å²) >= 11 is 8.88. The second kappa shape index (κ2) is 3.94. The number of nitrogens with two attached hydrogens (primary N) is 1. The van der Waals surface area contributed by atoms with E-state index in [9.17, 15) is 0 Å². The van der Waals surface area contributed by atoms with Gasteiger partial charge in [0, 0.05) is 4.88 Å². The van der Waals surface area contributed by atoms with Crippen molar-refractivity contribution in [3.8, 4) is 0 Å². The van der Waals surface area contributed by atoms with Gasteiger partial charge in [-0.1, -0.05) is 16.1 Å². The third-order valence-electron chi connectivity index (χ3n) is 1.90. The number of thiophene rings is 1. The maximum Gasteiger partial charge on any atom is 0.0790 e. The van der Waals surface area contributed by atoms with E-state index in [-0.39, 0.29) is 6.04 Å². The van der Waals surface area contributed by atoms with Gasteiger partial charge in [0.25, 0.3) is 0 Å². The summed E-state index contributed by atoms with van der Waals surface area (Å²) in [4.78, 5) is 1.95. The highest BCUT2D eigenvalue weighted by Gasteiger charge is 2.18. The largest absolute Gasteiger partial charge is 0.319 e. The van der Waals surface area contributed by atoms with Crippen molar-refractivity contribution in [2.45, 2.75) is 13.0 Å². The molecule has 0 aromatic carbocycles. The molecule has 0 bridgehead atoms. The fourth-order valence-electron chi connectivity index (χ4n) is 1.17. The van der Waals surface area contributed by atoms with Gasteiger partial charge in [0.1, 0.15) is 0 Å². The lowest BCUT2D eigenvalue weighted by atomic mass is 10.2. The average molecular weight is 246 g/mol. The highest BCUT2D eigenvalue weighted by molar-refractivity contribution is 7.11. The van der Waals surface area contributed by atoms with E-state index in [1.165, 1.54) is 11.5 Å². The standard InChI is InChI=1S/C8H8ClN3S2/c1-4-7(14-12-11-4)6(10)8-5(9)2-3-13-8/h2-3,6H,10H2,1H3. The summed E-state index contributed by atoms with van der Waals surface area (Å²) in [6.45, 7) is 1.90. The van der Waals surface area contributed by atoms with Crippen molar-refractivity contribution in [2.75, 3.05) is 0 Å². The fourth-order valence-corrected chi connectivity index (χ4v) is 3.08. The number of rotatable bonds is 2. The van der Waals surface area contributed by atoms with Gasteiger partial charge < -0.3 is 5.73 Å². The number of nitrogens with zero attached hydrogens (tertiary/aromatic N) is 2. The molecule has 1 atom stereocenters. The Morgan fingerprint density at radius 3 is 2.79 bits per heavy atom. The normalized spacial score (nSPS) is 13.1. The van der Waals surface area contributed by atoms with Crippen molar-refractivity contribution < 1.29 is 0 Å². The van der Waals surface area contributed by atoms with Gasteiger partial charge in [-0.15, -0.1) is 16.4 Å². The summed E-state index contributed by atoms with van der Waals surface area (Å²) in [6, 6.07) is 1.66. The molecule has 0 aliphatic heterocycles. The molecule has 74 valence electrons. The first kappa shape index (κ1) is 10.0. The molecule has 0 aliphatic rings. The van der Waals surface area contributed by atoms with Gasteiger partial charge in [-0.3, -0.25) is 0 Å². The fraction of sp³-hybridized carbons (Fsp3) is 0.250. The van der Waals surface area contributed by atoms with Crippen LogP contribution in [0.2, 0.25) is 5.02 Å². The van der Waals surface area contributed by atoms with Crippen LogP contribution in [0.1, 0.15) is 21.5 Å². The molecule has 14 heavy (non-hydrogen) atoms. The van der Waals surface area contributed by atoms with Crippen LogP contribution in [0, 0.1) is 6.92 Å². The molecule has 1 unspecified atom stereocenters. The molecule has 2 rings (SSSR count). The molecule has 2 aromatic rings. The predicted octanol–water partition coefficient (Wildman–Crippen LogP) is 2.61. The van der Waals surface area contributed by atoms with Gasteiger partial charge >= 0.3 is 0 Å². The van der Waals surface area contributed by atoms with Crippen molar-refractivity contribution in [1.82, 2.24) is 9.59 Å². The highest BCUT2D eigenvalue weighted by Crippen LogP contribution is 2.33. The molecule has 0 amide bonds. The van der Waals surface area contributed by atoms with E-state index >= 15 is 0 Å². The minimum Gasteiger partial charge on any atom is -0.319 e. The SMILES string of the molecule is Cc1nnsc1C(N)c1sccc1Cl. The van der Waals surface area contributed by atoms with Crippen LogP contribution in [0.15, 0.2) is 11.4 Å². The Morgan fingerprint density at radius 1 is 1.50 bits per heavy atom. The molecule has 2 heterocycles. The number of hydrogen-bond acceptors (Lipinski definition) is 5. The highest BCUT2D eigenvalue weighted by atomic mass is 35.5. The topological polar surface area (TPSA) is 51.8 Å². The summed E-state index contributed by atoms with van der Waals surface area (Å²) in [5, 5.41) is 6.58. The lowest BCUT2D eigenvalue weighted by molar-refractivity contribution is 0.895. The summed E-state index contributed by atoms with van der Waals surface area (Å²) in [6.07, 6.45) is 0. The van der Waals surface area contributed by atoms with Crippen molar-refractivity contribution in [3.63, 3.8) is 0 Å². The first-order chi connectivity index (χ1) is 6.70. The van der Waals surface area contributed by atoms with E-state index in [4.69, 9.17) is 17.3 Å². The Labute approximate surface area is 94.7 Å². The monoisotopic (exact) mass is 245 g/mol. The summed E-state index contributed by atoms with van der Waals surface area (Å²) in [5.41, 5.74) is 6.94. The molecule has 3 nitrogen and oxygen atoms in total. The van der Waals surface area contributed by atoms with Crippen LogP contribution in [0.5, 0.6) is 0 Å². The van der Waals surface area contributed by atoms with Crippen LogP contribution in [-0.4, -0.2) is 9.59 Å². The van der Waals surface area contributed by atoms with Gasteiger partial charge in [0.15, 0.2) is 0 Å². The van der Waals surface area contributed by atoms with Gasteiger partial charge in [-0.25, -0.2) is 0 Å². The molecule has 0 aliphatic carbocycles. The molecule has 0 saturated carbocycles. The van der Waals surface area contributed by atoms with Gasteiger partial charge in [0.05, 0.1) is 21.6 Å². The molecule has 0 fully saturated rings. The lowest BCUT2D eigenvalue weighted by Gasteiger charge is -2.07. The molecular formula is C8H8ClN3S2. The average Bonchev–Trinajstić information content (AvgIpc) is 2.73. The minimum atomic E-state index is -0.192. The van der Waals surface area contributed by atoms with Gasteiger partial charge in [0.2, 0.25) is 0 Å². The third-order valence-corrected chi connectivity index (χ3v) is 4.25. The Hall–Kier alpha value is -0.490. The Morgan fingerprint density at radius 2 is 2.29 bits per heavy atom. The molecule has 0 spiro atoms. The zero-order valence-electron chi connectivity index (χ0n) is 7.40. The van der Waals surface area contributed by atoms with E-state index in [0.29, 0.717) is 0 Å². The smallest absolute Gasteiger partial charge is 0.0790 e. The quantitative estimate of drug-likeness (QED) is 0.885. The third kappa shape index (κ3) is 1.68. The lowest BCUT2D eigenvalue weighted by Crippen LogP contribution is -2.10. The summed E-state index contributed by atoms with van der Waals surface area (Å²) in [7, 11) is 0. The van der Waals surface area contributed by atoms with Crippen molar-refractivity contribution in [1.29, 1.82) is 0 Å². The zero-order valence-corrected chi connectivity index (χ0v) is 9.79. The van der Waals surface area contributed by atoms with E-state index in [1.54, 1.807) is 11.3 Å². The van der Waals surface area contributed by atoms with E-state index in [2.05, 4.69) is 9.59 Å². The number of hydrogen-bond donors (Lipinski definition) is 1. The molecular weight excluding hydrogens is 238 g/mol. The van der Waals surface area contributed by atoms with Crippen molar-refractivity contribution >= 4 is 34.5 Å². The van der Waals surface area contributed by atoms with Crippen LogP contribution in [0.3, 0.4) is 0 Å². The number of aryl methyl sites for hydroxylation is 1. The van der Waals surface area contributed by atoms with E-state index in [1.807, 2.05) is 18.4 Å². The summed E-state index contributed by atoms with van der Waals surface area (Å²) < 4.78 is 3.86. The first-order valence-electron chi connectivity index (χ1n) is 3.97. The van der Waals surface area contributed by atoms with Crippen LogP contribution >= 0.6 is 34.5 Å². The number of aromatic nitrogens is 2. The molecule has 2 N–H and O–H groups in total. The summed E-state index contributed by atoms with van der Waals surface area (Å²) in [5.74, 6) is 0. The molecule has 0 saturated heterocycles. The van der Waals surface area contributed by atoms with Crippen LogP contribution < -0.4 is 5.73 Å². The number of halogens is 1. The maximum atomic E-state index is 6.06. The Balaban J connectivity index is 2.38. The van der Waals surface area contributed by atoms with Crippen molar-refractivity contribution in [3.05, 3.63) is 31.9 Å². The van der Waals surface area contributed by atoms with Crippen LogP contribution in [0.25, 0.3) is 0 Å². The second-order valence-electron chi connectivity index (χ2n) is 2.83. The zero-order chi connectivity index (χ0) is 10.1. The maximum absolute atomic E-state index is 6.06. The Kier molecular flexibility index (Phi) is 2.83. The second-order valence-corrected chi connectivity index (χ2v) is 4.97. The molecule has 2 aromatic heterocycles. The van der Waals surface area contributed by atoms with Crippen LogP contribution in [-0.2, 0) is 0 Å². The molecule has 0 radical (unpaired) electrons. The van der Waals surface area contributed by atoms with Crippen LogP contribution in [0.4, 0.5) is 0 Å². The van der Waals surface area contributed by atoms with E-state index < -0.39 is 0 Å². The predicted molar refractivity (Wildman–Crippen MR) is 60.0 cm³/mol. The minimum absolute atomic E-state index is 0.192. The molecule has 6 heteroatoms. The van der Waals surface area contributed by atoms with E-state index in [0.717, 1.165) is 20.5 Å². The van der Waals surface area contributed by atoms with Gasteiger partial charge in [-0.2, -0.15) is 0 Å². The Bertz CT molecular complexity index is 397. The van der Waals surface area contributed by atoms with Gasteiger partial charge in [-0.05, 0) is 29.9 Å². The first-order valence-corrected chi connectivity index (χ1v) is 6.00.